The van der Waals surface area contributed by atoms with Crippen LogP contribution in [0, 0.1) is 13.8 Å². The standard InChI is InChI=1S/C24H39N5O3S/c1-7-33(30,31)27(5)14-15-28(22-10-11-24(26)19(3)17-22)29(20(4)32-6)23-9-8-21(12-13-25)18(2)16-23/h8-11,16-17,20H,7,12-15,25-26H2,1-6H3. The molecule has 2 rings (SSSR count). The summed E-state index contributed by atoms with van der Waals surface area (Å²) in [5.74, 6) is 0.0600. The SMILES string of the molecule is CCS(=O)(=O)N(C)CCN(c1ccc(N)c(C)c1)N(c1ccc(CCN)c(C)c1)C(C)OC. The van der Waals surface area contributed by atoms with Gasteiger partial charge in [0, 0.05) is 26.4 Å². The largest absolute Gasteiger partial charge is 0.399 e. The lowest BCUT2D eigenvalue weighted by atomic mass is 10.0. The lowest BCUT2D eigenvalue weighted by Gasteiger charge is -2.42. The van der Waals surface area contributed by atoms with Crippen LogP contribution in [0.15, 0.2) is 36.4 Å². The zero-order valence-electron chi connectivity index (χ0n) is 20.7. The van der Waals surface area contributed by atoms with Crippen molar-refractivity contribution in [2.45, 2.75) is 40.3 Å². The van der Waals surface area contributed by atoms with Crippen LogP contribution < -0.4 is 21.5 Å². The van der Waals surface area contributed by atoms with Gasteiger partial charge in [-0.05, 0) is 87.7 Å². The zero-order chi connectivity index (χ0) is 24.8. The van der Waals surface area contributed by atoms with Gasteiger partial charge in [0.1, 0.15) is 6.23 Å². The van der Waals surface area contributed by atoms with E-state index in [-0.39, 0.29) is 12.0 Å². The van der Waals surface area contributed by atoms with E-state index in [2.05, 4.69) is 35.1 Å². The van der Waals surface area contributed by atoms with Crippen LogP contribution in [0.3, 0.4) is 0 Å². The summed E-state index contributed by atoms with van der Waals surface area (Å²) in [5.41, 5.74) is 17.7. The molecule has 0 fully saturated rings. The highest BCUT2D eigenvalue weighted by molar-refractivity contribution is 7.89. The van der Waals surface area contributed by atoms with Crippen LogP contribution in [-0.2, 0) is 21.2 Å². The fourth-order valence-electron chi connectivity index (χ4n) is 3.68. The Kier molecular flexibility index (Phi) is 9.54. The molecule has 2 aromatic carbocycles. The van der Waals surface area contributed by atoms with Gasteiger partial charge in [-0.3, -0.25) is 10.0 Å². The second-order valence-electron chi connectivity index (χ2n) is 8.22. The Morgan fingerprint density at radius 2 is 1.67 bits per heavy atom. The number of nitrogen functional groups attached to an aromatic ring is 1. The molecular formula is C24H39N5O3S. The molecule has 33 heavy (non-hydrogen) atoms. The molecule has 0 saturated carbocycles. The van der Waals surface area contributed by atoms with Crippen molar-refractivity contribution >= 4 is 27.1 Å². The maximum atomic E-state index is 12.4. The van der Waals surface area contributed by atoms with E-state index in [1.807, 2.05) is 32.0 Å². The fraction of sp³-hybridized carbons (Fsp3) is 0.500. The van der Waals surface area contributed by atoms with Crippen molar-refractivity contribution in [3.05, 3.63) is 53.1 Å². The molecule has 9 heteroatoms. The van der Waals surface area contributed by atoms with Gasteiger partial charge in [0.2, 0.25) is 10.0 Å². The number of hydrazine groups is 1. The van der Waals surface area contributed by atoms with Crippen LogP contribution in [0.5, 0.6) is 0 Å². The summed E-state index contributed by atoms with van der Waals surface area (Å²) >= 11 is 0. The fourth-order valence-corrected chi connectivity index (χ4v) is 4.48. The molecule has 1 unspecified atom stereocenters. The molecule has 4 N–H and O–H groups in total. The molecule has 2 aromatic rings. The summed E-state index contributed by atoms with van der Waals surface area (Å²) in [6.45, 7) is 8.98. The smallest absolute Gasteiger partial charge is 0.213 e. The Morgan fingerprint density at radius 1 is 1.03 bits per heavy atom. The van der Waals surface area contributed by atoms with Crippen LogP contribution in [0.25, 0.3) is 0 Å². The highest BCUT2D eigenvalue weighted by Crippen LogP contribution is 2.29. The average molecular weight is 478 g/mol. The summed E-state index contributed by atoms with van der Waals surface area (Å²) in [6, 6.07) is 12.1. The van der Waals surface area contributed by atoms with Gasteiger partial charge < -0.3 is 16.2 Å². The summed E-state index contributed by atoms with van der Waals surface area (Å²) in [6.07, 6.45) is 0.502. The number of ether oxygens (including phenoxy) is 1. The first-order valence-electron chi connectivity index (χ1n) is 11.2. The number of methoxy groups -OCH3 is 1. The van der Waals surface area contributed by atoms with Gasteiger partial charge in [0.05, 0.1) is 23.7 Å². The van der Waals surface area contributed by atoms with E-state index in [1.165, 1.54) is 9.87 Å². The number of rotatable bonds is 12. The maximum absolute atomic E-state index is 12.4. The third kappa shape index (κ3) is 6.60. The first-order chi connectivity index (χ1) is 15.5. The molecule has 0 saturated heterocycles. The van der Waals surface area contributed by atoms with Crippen molar-refractivity contribution < 1.29 is 13.2 Å². The number of likely N-dealkylation sites (N-methyl/N-ethyl adjacent to an activating group) is 1. The Bertz CT molecular complexity index is 1030. The maximum Gasteiger partial charge on any atom is 0.213 e. The van der Waals surface area contributed by atoms with Gasteiger partial charge in [-0.2, -0.15) is 0 Å². The predicted molar refractivity (Wildman–Crippen MR) is 138 cm³/mol. The Morgan fingerprint density at radius 3 is 2.21 bits per heavy atom. The number of benzene rings is 2. The van der Waals surface area contributed by atoms with Crippen LogP contribution in [0.2, 0.25) is 0 Å². The third-order valence-corrected chi connectivity index (χ3v) is 7.83. The van der Waals surface area contributed by atoms with Gasteiger partial charge >= 0.3 is 0 Å². The van der Waals surface area contributed by atoms with Crippen LogP contribution in [0.4, 0.5) is 17.1 Å². The molecular weight excluding hydrogens is 438 g/mol. The molecule has 0 spiro atoms. The molecule has 8 nitrogen and oxygen atoms in total. The molecule has 0 bridgehead atoms. The number of hydrogen-bond donors (Lipinski definition) is 2. The molecule has 184 valence electrons. The quantitative estimate of drug-likeness (QED) is 0.275. The first-order valence-corrected chi connectivity index (χ1v) is 12.9. The van der Waals surface area contributed by atoms with Crippen LogP contribution in [-0.4, -0.2) is 58.5 Å². The Labute approximate surface area is 199 Å². The minimum Gasteiger partial charge on any atom is -0.399 e. The number of nitrogens with zero attached hydrogens (tertiary/aromatic N) is 3. The van der Waals surface area contributed by atoms with Gasteiger partial charge in [0.25, 0.3) is 0 Å². The van der Waals surface area contributed by atoms with Crippen molar-refractivity contribution in [1.82, 2.24) is 4.31 Å². The Balaban J connectivity index is 2.55. The number of aryl methyl sites for hydroxylation is 2. The molecule has 0 heterocycles. The van der Waals surface area contributed by atoms with Crippen molar-refractivity contribution in [1.29, 1.82) is 0 Å². The number of sulfonamides is 1. The van der Waals surface area contributed by atoms with E-state index in [0.29, 0.717) is 25.3 Å². The van der Waals surface area contributed by atoms with E-state index in [9.17, 15) is 8.42 Å². The van der Waals surface area contributed by atoms with E-state index < -0.39 is 10.0 Å². The predicted octanol–water partition coefficient (Wildman–Crippen LogP) is 2.89. The van der Waals surface area contributed by atoms with Crippen LogP contribution >= 0.6 is 0 Å². The molecule has 0 amide bonds. The van der Waals surface area contributed by atoms with Gasteiger partial charge in [-0.15, -0.1) is 0 Å². The number of hydrogen-bond acceptors (Lipinski definition) is 7. The first kappa shape index (κ1) is 26.9. The van der Waals surface area contributed by atoms with Gasteiger partial charge in [-0.25, -0.2) is 12.7 Å². The average Bonchev–Trinajstić information content (AvgIpc) is 2.79. The summed E-state index contributed by atoms with van der Waals surface area (Å²) in [5, 5.41) is 4.11. The lowest BCUT2D eigenvalue weighted by molar-refractivity contribution is 0.112. The molecule has 0 radical (unpaired) electrons. The van der Waals surface area contributed by atoms with Crippen molar-refractivity contribution in [2.75, 3.05) is 55.3 Å². The second kappa shape index (κ2) is 11.7. The van der Waals surface area contributed by atoms with Gasteiger partial charge in [-0.1, -0.05) is 6.07 Å². The summed E-state index contributed by atoms with van der Waals surface area (Å²) < 4.78 is 31.9. The zero-order valence-corrected chi connectivity index (χ0v) is 21.5. The van der Waals surface area contributed by atoms with E-state index in [0.717, 1.165) is 28.9 Å². The molecule has 0 aliphatic rings. The topological polar surface area (TPSA) is 105 Å². The number of anilines is 3. The number of nitrogens with two attached hydrogens (primary N) is 2. The summed E-state index contributed by atoms with van der Waals surface area (Å²) in [7, 11) is -0.0284. The second-order valence-corrected chi connectivity index (χ2v) is 10.6. The minimum atomic E-state index is -3.30. The third-order valence-electron chi connectivity index (χ3n) is 5.97. The van der Waals surface area contributed by atoms with E-state index in [4.69, 9.17) is 16.2 Å². The molecule has 0 aromatic heterocycles. The monoisotopic (exact) mass is 477 g/mol. The lowest BCUT2D eigenvalue weighted by Crippen LogP contribution is -2.52. The highest BCUT2D eigenvalue weighted by Gasteiger charge is 2.25. The molecule has 0 aliphatic carbocycles. The van der Waals surface area contributed by atoms with E-state index in [1.54, 1.807) is 21.1 Å². The van der Waals surface area contributed by atoms with Crippen molar-refractivity contribution in [3.8, 4) is 0 Å². The highest BCUT2D eigenvalue weighted by atomic mass is 32.2. The molecule has 0 aliphatic heterocycles. The van der Waals surface area contributed by atoms with E-state index >= 15 is 0 Å². The van der Waals surface area contributed by atoms with Gasteiger partial charge in [0.15, 0.2) is 0 Å². The van der Waals surface area contributed by atoms with Crippen LogP contribution in [0.1, 0.15) is 30.5 Å². The minimum absolute atomic E-state index is 0.0600. The normalized spacial score (nSPS) is 12.7. The van der Waals surface area contributed by atoms with Crippen molar-refractivity contribution in [3.63, 3.8) is 0 Å². The Hall–Kier alpha value is -2.33. The van der Waals surface area contributed by atoms with Crippen molar-refractivity contribution in [2.24, 2.45) is 5.73 Å². The summed E-state index contributed by atoms with van der Waals surface area (Å²) in [4.78, 5) is 0. The molecule has 1 atom stereocenters.